The topological polar surface area (TPSA) is 78.9 Å². The fourth-order valence-electron chi connectivity index (χ4n) is 9.20. The van der Waals surface area contributed by atoms with Crippen LogP contribution in [0, 0.1) is 0 Å². The highest BCUT2D eigenvalue weighted by Crippen LogP contribution is 2.16. The lowest BCUT2D eigenvalue weighted by molar-refractivity contribution is -0.167. The van der Waals surface area contributed by atoms with E-state index in [0.717, 1.165) is 135 Å². The molecule has 0 aliphatic rings. The minimum Gasteiger partial charge on any atom is -0.462 e. The Morgan fingerprint density at radius 3 is 0.787 bits per heavy atom. The third-order valence-electron chi connectivity index (χ3n) is 14.2. The Kier molecular flexibility index (Phi) is 63.8. The summed E-state index contributed by atoms with van der Waals surface area (Å²) < 4.78 is 16.9. The molecule has 6 heteroatoms. The molecule has 6 nitrogen and oxygen atoms in total. The average Bonchev–Trinajstić information content (AvgIpc) is 3.46. The number of hydrogen-bond acceptors (Lipinski definition) is 6. The Morgan fingerprint density at radius 2 is 0.487 bits per heavy atom. The number of carbonyl (C=O) groups is 3. The van der Waals surface area contributed by atoms with Gasteiger partial charge in [-0.25, -0.2) is 0 Å². The van der Waals surface area contributed by atoms with Crippen molar-refractivity contribution in [2.75, 3.05) is 13.2 Å². The van der Waals surface area contributed by atoms with Crippen molar-refractivity contribution in [1.29, 1.82) is 0 Å². The molecule has 0 rings (SSSR count). The van der Waals surface area contributed by atoms with E-state index in [4.69, 9.17) is 14.2 Å². The first-order chi connectivity index (χ1) is 39.5. The Balaban J connectivity index is 4.30. The molecule has 0 aromatic heterocycles. The molecule has 80 heavy (non-hydrogen) atoms. The van der Waals surface area contributed by atoms with Gasteiger partial charge in [-0.15, -0.1) is 0 Å². The molecule has 0 saturated carbocycles. The summed E-state index contributed by atoms with van der Waals surface area (Å²) >= 11 is 0. The quantitative estimate of drug-likeness (QED) is 0.0261. The van der Waals surface area contributed by atoms with Gasteiger partial charge < -0.3 is 14.2 Å². The number of hydrogen-bond donors (Lipinski definition) is 0. The Hall–Kier alpha value is -4.19. The maximum absolute atomic E-state index is 12.9. The van der Waals surface area contributed by atoms with Crippen molar-refractivity contribution in [3.8, 4) is 0 Å². The van der Waals surface area contributed by atoms with Gasteiger partial charge in [-0.1, -0.05) is 296 Å². The number of rotatable bonds is 60. The summed E-state index contributed by atoms with van der Waals surface area (Å²) in [4.78, 5) is 38.3. The van der Waals surface area contributed by atoms with Crippen LogP contribution in [-0.2, 0) is 28.6 Å². The largest absolute Gasteiger partial charge is 0.462 e. The first-order valence-corrected chi connectivity index (χ1v) is 33.5. The minimum atomic E-state index is -0.789. The normalized spacial score (nSPS) is 12.9. The molecule has 0 N–H and O–H groups in total. The lowest BCUT2D eigenvalue weighted by Gasteiger charge is -2.18. The zero-order chi connectivity index (χ0) is 57.8. The number of ether oxygens (including phenoxy) is 3. The van der Waals surface area contributed by atoms with Crippen LogP contribution in [0.25, 0.3) is 0 Å². The van der Waals surface area contributed by atoms with E-state index in [1.54, 1.807) is 0 Å². The van der Waals surface area contributed by atoms with Gasteiger partial charge in [-0.3, -0.25) is 14.4 Å². The Morgan fingerprint density at radius 1 is 0.263 bits per heavy atom. The average molecular weight is 1110 g/mol. The standard InChI is InChI=1S/C74H124O6/c1-4-7-10-13-16-19-22-25-27-29-31-32-33-34-35-36-37-38-39-40-41-42-44-45-47-49-52-55-58-61-64-67-73(76)79-70-71(69-78-72(75)66-63-60-57-54-51-24-21-18-15-12-9-6-3)80-74(77)68-65-62-59-56-53-50-48-46-43-30-28-26-23-20-17-14-11-8-5-2/h7,10,16-17,19-20,25-28,31-32,34-35,37-38,40-41,43,46,71H,4-6,8-9,11-15,18,21-24,29-30,33,36,39,42,44-45,47-70H2,1-3H3/b10-7-,19-16-,20-17-,27-25-,28-26-,32-31-,35-34-,38-37-,41-40-,46-43-. The summed E-state index contributed by atoms with van der Waals surface area (Å²) in [5, 5.41) is 0. The molecule has 0 aliphatic heterocycles. The van der Waals surface area contributed by atoms with Gasteiger partial charge in [0.25, 0.3) is 0 Å². The zero-order valence-corrected chi connectivity index (χ0v) is 52.3. The monoisotopic (exact) mass is 1110 g/mol. The van der Waals surface area contributed by atoms with Crippen molar-refractivity contribution >= 4 is 17.9 Å². The van der Waals surface area contributed by atoms with Crippen LogP contribution < -0.4 is 0 Å². The fourth-order valence-corrected chi connectivity index (χ4v) is 9.20. The second-order valence-electron chi connectivity index (χ2n) is 22.0. The summed E-state index contributed by atoms with van der Waals surface area (Å²) in [6, 6.07) is 0. The molecule has 0 aliphatic carbocycles. The summed E-state index contributed by atoms with van der Waals surface area (Å²) in [5.41, 5.74) is 0. The van der Waals surface area contributed by atoms with Gasteiger partial charge >= 0.3 is 17.9 Å². The van der Waals surface area contributed by atoms with Crippen molar-refractivity contribution in [3.63, 3.8) is 0 Å². The minimum absolute atomic E-state index is 0.0842. The SMILES string of the molecule is CC/C=C\C/C=C\C/C=C\C/C=C\C/C=C\C/C=C\C/C=C\CCCCCCCCCCCC(=O)OCC(COC(=O)CCCCCCCCCCCCCC)OC(=O)CCCCCCCC/C=C\C/C=C\C/C=C\CCCCC. The molecular formula is C74H124O6. The van der Waals surface area contributed by atoms with Gasteiger partial charge in [0.1, 0.15) is 13.2 Å². The second-order valence-corrected chi connectivity index (χ2v) is 22.0. The predicted molar refractivity (Wildman–Crippen MR) is 348 cm³/mol. The number of unbranched alkanes of at least 4 members (excludes halogenated alkanes) is 29. The van der Waals surface area contributed by atoms with Gasteiger partial charge in [-0.05, 0) is 116 Å². The molecule has 456 valence electrons. The van der Waals surface area contributed by atoms with Crippen LogP contribution in [0.5, 0.6) is 0 Å². The smallest absolute Gasteiger partial charge is 0.306 e. The van der Waals surface area contributed by atoms with Gasteiger partial charge in [0.15, 0.2) is 6.10 Å². The zero-order valence-electron chi connectivity index (χ0n) is 52.3. The Bertz CT molecular complexity index is 1650. The van der Waals surface area contributed by atoms with E-state index in [0.29, 0.717) is 19.3 Å². The van der Waals surface area contributed by atoms with Crippen LogP contribution in [0.3, 0.4) is 0 Å². The molecule has 1 atom stereocenters. The molecule has 1 unspecified atom stereocenters. The van der Waals surface area contributed by atoms with Gasteiger partial charge in [0.05, 0.1) is 0 Å². The van der Waals surface area contributed by atoms with Crippen LogP contribution in [0.2, 0.25) is 0 Å². The highest BCUT2D eigenvalue weighted by molar-refractivity contribution is 5.71. The fraction of sp³-hybridized carbons (Fsp3) is 0.689. The van der Waals surface area contributed by atoms with Gasteiger partial charge in [0, 0.05) is 19.3 Å². The molecule has 0 bridgehead atoms. The van der Waals surface area contributed by atoms with E-state index in [1.807, 2.05) is 0 Å². The highest BCUT2D eigenvalue weighted by Gasteiger charge is 2.19. The van der Waals surface area contributed by atoms with E-state index in [1.165, 1.54) is 135 Å². The third kappa shape index (κ3) is 64.6. The molecule has 0 spiro atoms. The molecule has 0 saturated heterocycles. The van der Waals surface area contributed by atoms with Crippen LogP contribution in [0.15, 0.2) is 122 Å². The first kappa shape index (κ1) is 75.8. The van der Waals surface area contributed by atoms with E-state index in [-0.39, 0.29) is 31.1 Å². The lowest BCUT2D eigenvalue weighted by atomic mass is 10.0. The van der Waals surface area contributed by atoms with Crippen molar-refractivity contribution < 1.29 is 28.6 Å². The molecule has 0 heterocycles. The summed E-state index contributed by atoms with van der Waals surface area (Å²) in [6.07, 6.45) is 93.5. The van der Waals surface area contributed by atoms with E-state index in [2.05, 4.69) is 142 Å². The van der Waals surface area contributed by atoms with Crippen molar-refractivity contribution in [1.82, 2.24) is 0 Å². The molecule has 0 amide bonds. The second kappa shape index (κ2) is 67.3. The van der Waals surface area contributed by atoms with Crippen molar-refractivity contribution in [2.24, 2.45) is 0 Å². The number of esters is 3. The van der Waals surface area contributed by atoms with Crippen molar-refractivity contribution in [3.05, 3.63) is 122 Å². The Labute approximate surface area is 494 Å². The predicted octanol–water partition coefficient (Wildman–Crippen LogP) is 23.2. The molecular weight excluding hydrogens is 985 g/mol. The molecule has 0 radical (unpaired) electrons. The summed E-state index contributed by atoms with van der Waals surface area (Å²) in [7, 11) is 0. The van der Waals surface area contributed by atoms with Crippen LogP contribution in [0.1, 0.15) is 310 Å². The lowest BCUT2D eigenvalue weighted by Crippen LogP contribution is -2.30. The third-order valence-corrected chi connectivity index (χ3v) is 14.2. The van der Waals surface area contributed by atoms with E-state index in [9.17, 15) is 14.4 Å². The first-order valence-electron chi connectivity index (χ1n) is 33.5. The number of allylic oxidation sites excluding steroid dienone is 20. The van der Waals surface area contributed by atoms with E-state index < -0.39 is 6.10 Å². The van der Waals surface area contributed by atoms with Crippen molar-refractivity contribution in [2.45, 2.75) is 316 Å². The van der Waals surface area contributed by atoms with Crippen LogP contribution >= 0.6 is 0 Å². The maximum Gasteiger partial charge on any atom is 0.306 e. The molecule has 0 aromatic carbocycles. The summed E-state index contributed by atoms with van der Waals surface area (Å²) in [5.74, 6) is -0.896. The highest BCUT2D eigenvalue weighted by atomic mass is 16.6. The molecule has 0 aromatic rings. The van der Waals surface area contributed by atoms with Gasteiger partial charge in [0.2, 0.25) is 0 Å². The number of carbonyl (C=O) groups excluding carboxylic acids is 3. The van der Waals surface area contributed by atoms with Gasteiger partial charge in [-0.2, -0.15) is 0 Å². The summed E-state index contributed by atoms with van der Waals surface area (Å²) in [6.45, 7) is 6.50. The van der Waals surface area contributed by atoms with E-state index >= 15 is 0 Å². The molecule has 0 fully saturated rings. The van der Waals surface area contributed by atoms with Crippen LogP contribution in [0.4, 0.5) is 0 Å². The van der Waals surface area contributed by atoms with Crippen LogP contribution in [-0.4, -0.2) is 37.2 Å². The maximum atomic E-state index is 12.9.